The first-order valence-corrected chi connectivity index (χ1v) is 11.6. The van der Waals surface area contributed by atoms with Crippen LogP contribution in [0, 0.1) is 35.0 Å². The van der Waals surface area contributed by atoms with Crippen LogP contribution in [0.15, 0.2) is 0 Å². The molecule has 0 spiro atoms. The molecule has 3 heteroatoms. The molecule has 2 aliphatic carbocycles. The van der Waals surface area contributed by atoms with E-state index in [1.54, 1.807) is 0 Å². The van der Waals surface area contributed by atoms with Crippen LogP contribution in [0.4, 0.5) is 0 Å². The van der Waals surface area contributed by atoms with E-state index in [1.807, 2.05) is 13.0 Å². The van der Waals surface area contributed by atoms with Crippen LogP contribution < -0.4 is 0 Å². The van der Waals surface area contributed by atoms with Crippen LogP contribution in [0.5, 0.6) is 0 Å². The van der Waals surface area contributed by atoms with Crippen molar-refractivity contribution < 1.29 is 9.53 Å². The van der Waals surface area contributed by atoms with Crippen LogP contribution in [0.25, 0.3) is 0 Å². The lowest BCUT2D eigenvalue weighted by molar-refractivity contribution is -0.156. The maximum Gasteiger partial charge on any atom is 0.309 e. The molecular weight excluding hydrogens is 334 g/mol. The van der Waals surface area contributed by atoms with Crippen LogP contribution >= 0.6 is 0 Å². The molecular formula is C24H43NO2. The Kier molecular flexibility index (Phi) is 12.5. The normalized spacial score (nSPS) is 29.4. The summed E-state index contributed by atoms with van der Waals surface area (Å²) >= 11 is 0. The van der Waals surface area contributed by atoms with Gasteiger partial charge in [0.05, 0.1) is 12.0 Å². The van der Waals surface area contributed by atoms with Crippen molar-refractivity contribution in [3.05, 3.63) is 0 Å². The lowest BCUT2D eigenvalue weighted by atomic mass is 9.78. The Bertz CT molecular complexity index is 434. The van der Waals surface area contributed by atoms with Gasteiger partial charge < -0.3 is 4.74 Å². The van der Waals surface area contributed by atoms with E-state index in [9.17, 15) is 4.79 Å². The molecule has 3 unspecified atom stereocenters. The minimum absolute atomic E-state index is 0.110. The van der Waals surface area contributed by atoms with Gasteiger partial charge in [-0.05, 0) is 69.1 Å². The Hall–Kier alpha value is -1.04. The summed E-state index contributed by atoms with van der Waals surface area (Å²) < 4.78 is 5.87. The Balaban J connectivity index is 0.000000646. The van der Waals surface area contributed by atoms with Crippen LogP contribution in [-0.4, -0.2) is 12.1 Å². The number of carbonyl (C=O) groups is 1. The first-order valence-electron chi connectivity index (χ1n) is 11.6. The van der Waals surface area contributed by atoms with Crippen molar-refractivity contribution in [3.8, 4) is 6.07 Å². The summed E-state index contributed by atoms with van der Waals surface area (Å²) in [6.07, 6.45) is 15.0. The molecule has 2 rings (SSSR count). The van der Waals surface area contributed by atoms with Crippen molar-refractivity contribution >= 4 is 5.97 Å². The van der Waals surface area contributed by atoms with Gasteiger partial charge >= 0.3 is 5.97 Å². The van der Waals surface area contributed by atoms with Crippen molar-refractivity contribution in [1.29, 1.82) is 5.26 Å². The average Bonchev–Trinajstić information content (AvgIpc) is 2.88. The number of nitriles is 1. The predicted molar refractivity (Wildman–Crippen MR) is 112 cm³/mol. The monoisotopic (exact) mass is 377 g/mol. The van der Waals surface area contributed by atoms with E-state index in [4.69, 9.17) is 10.00 Å². The lowest BCUT2D eigenvalue weighted by Crippen LogP contribution is -2.29. The quantitative estimate of drug-likeness (QED) is 0.368. The summed E-state index contributed by atoms with van der Waals surface area (Å²) in [5, 5.41) is 7.82. The van der Waals surface area contributed by atoms with Gasteiger partial charge in [0, 0.05) is 6.42 Å². The van der Waals surface area contributed by atoms with Crippen molar-refractivity contribution in [2.75, 3.05) is 0 Å². The molecule has 0 radical (unpaired) electrons. The maximum absolute atomic E-state index is 12.4. The summed E-state index contributed by atoms with van der Waals surface area (Å²) in [7, 11) is 0. The summed E-state index contributed by atoms with van der Waals surface area (Å²) in [6, 6.07) is 2.02. The Morgan fingerprint density at radius 3 is 2.30 bits per heavy atom. The Morgan fingerprint density at radius 2 is 1.74 bits per heavy atom. The fourth-order valence-corrected chi connectivity index (χ4v) is 4.56. The Morgan fingerprint density at radius 1 is 1.04 bits per heavy atom. The highest BCUT2D eigenvalue weighted by molar-refractivity contribution is 5.72. The number of esters is 1. The fourth-order valence-electron chi connectivity index (χ4n) is 4.56. The maximum atomic E-state index is 12.4. The molecule has 156 valence electrons. The van der Waals surface area contributed by atoms with Crippen LogP contribution in [0.2, 0.25) is 0 Å². The zero-order valence-corrected chi connectivity index (χ0v) is 18.3. The van der Waals surface area contributed by atoms with Crippen molar-refractivity contribution in [1.82, 2.24) is 0 Å². The van der Waals surface area contributed by atoms with Gasteiger partial charge in [0.1, 0.15) is 6.10 Å². The number of hydrogen-bond donors (Lipinski definition) is 0. The summed E-state index contributed by atoms with van der Waals surface area (Å²) in [4.78, 5) is 12.4. The molecule has 0 heterocycles. The molecule has 3 atom stereocenters. The van der Waals surface area contributed by atoms with E-state index in [-0.39, 0.29) is 18.0 Å². The molecule has 0 aliphatic heterocycles. The van der Waals surface area contributed by atoms with Crippen molar-refractivity contribution in [2.45, 2.75) is 117 Å². The molecule has 0 N–H and O–H groups in total. The zero-order valence-electron chi connectivity index (χ0n) is 18.3. The second-order valence-corrected chi connectivity index (χ2v) is 8.96. The summed E-state index contributed by atoms with van der Waals surface area (Å²) in [5.41, 5.74) is 0. The second kappa shape index (κ2) is 14.0. The highest BCUT2D eigenvalue weighted by atomic mass is 16.5. The van der Waals surface area contributed by atoms with Gasteiger partial charge in [-0.3, -0.25) is 4.79 Å². The first-order chi connectivity index (χ1) is 13.0. The van der Waals surface area contributed by atoms with Gasteiger partial charge in [-0.2, -0.15) is 5.26 Å². The van der Waals surface area contributed by atoms with Gasteiger partial charge in [-0.15, -0.1) is 0 Å². The smallest absolute Gasteiger partial charge is 0.309 e. The molecule has 0 aromatic rings. The molecule has 0 amide bonds. The first kappa shape index (κ1) is 24.0. The number of ether oxygens (including phenoxy) is 1. The van der Waals surface area contributed by atoms with Crippen LogP contribution in [-0.2, 0) is 9.53 Å². The molecule has 0 bridgehead atoms. The zero-order chi connectivity index (χ0) is 20.1. The third-order valence-corrected chi connectivity index (χ3v) is 6.50. The Labute approximate surface area is 168 Å². The van der Waals surface area contributed by atoms with E-state index in [0.29, 0.717) is 6.42 Å². The molecule has 0 aromatic heterocycles. The highest BCUT2D eigenvalue weighted by Gasteiger charge is 2.30. The minimum atomic E-state index is 0.110. The van der Waals surface area contributed by atoms with Gasteiger partial charge in [-0.25, -0.2) is 0 Å². The highest BCUT2D eigenvalue weighted by Crippen LogP contribution is 2.34. The number of carbonyl (C=O) groups excluding carboxylic acids is 1. The predicted octanol–water partition coefficient (Wildman–Crippen LogP) is 7.05. The number of rotatable bonds is 6. The van der Waals surface area contributed by atoms with E-state index < -0.39 is 0 Å². The molecule has 2 fully saturated rings. The number of unbranched alkanes of at least 4 members (excludes halogenated alkanes) is 1. The number of nitrogens with zero attached hydrogens (tertiary/aromatic N) is 1. The topological polar surface area (TPSA) is 50.1 Å². The SMILES string of the molecule is CCCC#N.CCCC(C)C1CCC(OC(=O)C2CCCC(C)CC2)CC1. The lowest BCUT2D eigenvalue weighted by Gasteiger charge is -2.32. The largest absolute Gasteiger partial charge is 0.462 e. The molecule has 2 aliphatic rings. The van der Waals surface area contributed by atoms with Gasteiger partial charge in [0.15, 0.2) is 0 Å². The third-order valence-electron chi connectivity index (χ3n) is 6.50. The molecule has 0 saturated heterocycles. The summed E-state index contributed by atoms with van der Waals surface area (Å²) in [6.45, 7) is 8.97. The van der Waals surface area contributed by atoms with E-state index >= 15 is 0 Å². The molecule has 27 heavy (non-hydrogen) atoms. The van der Waals surface area contributed by atoms with E-state index in [2.05, 4.69) is 20.8 Å². The minimum Gasteiger partial charge on any atom is -0.462 e. The van der Waals surface area contributed by atoms with Crippen LogP contribution in [0.3, 0.4) is 0 Å². The van der Waals surface area contributed by atoms with Crippen molar-refractivity contribution in [3.63, 3.8) is 0 Å². The molecule has 3 nitrogen and oxygen atoms in total. The van der Waals surface area contributed by atoms with Crippen molar-refractivity contribution in [2.24, 2.45) is 23.7 Å². The standard InChI is InChI=1S/C20H36O2.C4H7N/c1-4-6-16(3)17-11-13-19(14-12-17)22-20(21)18-8-5-7-15(2)9-10-18;1-2-3-4-5/h15-19H,4-14H2,1-3H3;2-3H2,1H3. The fraction of sp³-hybridized carbons (Fsp3) is 0.917. The number of hydrogen-bond acceptors (Lipinski definition) is 3. The third kappa shape index (κ3) is 9.63. The molecule has 0 aromatic carbocycles. The van der Waals surface area contributed by atoms with Crippen LogP contribution in [0.1, 0.15) is 111 Å². The summed E-state index contributed by atoms with van der Waals surface area (Å²) in [5.74, 6) is 2.77. The molecule has 2 saturated carbocycles. The second-order valence-electron chi connectivity index (χ2n) is 8.96. The van der Waals surface area contributed by atoms with Gasteiger partial charge in [0.2, 0.25) is 0 Å². The average molecular weight is 378 g/mol. The van der Waals surface area contributed by atoms with Gasteiger partial charge in [-0.1, -0.05) is 53.4 Å². The van der Waals surface area contributed by atoms with E-state index in [1.165, 1.54) is 44.9 Å². The van der Waals surface area contributed by atoms with E-state index in [0.717, 1.165) is 49.9 Å². The van der Waals surface area contributed by atoms with Gasteiger partial charge in [0.25, 0.3) is 0 Å².